The van der Waals surface area contributed by atoms with Gasteiger partial charge < -0.3 is 4.90 Å². The number of nitrogens with zero attached hydrogens (tertiary/aromatic N) is 1. The Bertz CT molecular complexity index is 1110. The molecule has 3 aromatic carbocycles. The van der Waals surface area contributed by atoms with Crippen LogP contribution in [0.3, 0.4) is 0 Å². The number of carbonyl (C=O) groups is 1. The lowest BCUT2D eigenvalue weighted by atomic mass is 9.74. The highest BCUT2D eigenvalue weighted by atomic mass is 16.2. The first-order valence-electron chi connectivity index (χ1n) is 10.6. The summed E-state index contributed by atoms with van der Waals surface area (Å²) in [7, 11) is 0. The van der Waals surface area contributed by atoms with E-state index in [1.807, 2.05) is 36.4 Å². The molecule has 1 aliphatic carbocycles. The van der Waals surface area contributed by atoms with Crippen LogP contribution in [0.5, 0.6) is 0 Å². The summed E-state index contributed by atoms with van der Waals surface area (Å²) in [5.41, 5.74) is 5.23. The zero-order valence-electron chi connectivity index (χ0n) is 17.0. The smallest absolute Gasteiger partial charge is 0.255 e. The molecule has 2 nitrogen and oxygen atoms in total. The SMILES string of the molecule is O=C1c2ccccc2C(Cc2ccccc2)(C2=CC=CCC2)N1Cc1ccccc1. The van der Waals surface area contributed by atoms with Crippen molar-refractivity contribution in [3.05, 3.63) is 131 Å². The first-order chi connectivity index (χ1) is 14.8. The van der Waals surface area contributed by atoms with E-state index in [9.17, 15) is 4.79 Å². The van der Waals surface area contributed by atoms with E-state index in [-0.39, 0.29) is 5.91 Å². The summed E-state index contributed by atoms with van der Waals surface area (Å²) in [5, 5.41) is 0. The molecule has 0 spiro atoms. The van der Waals surface area contributed by atoms with Gasteiger partial charge in [-0.3, -0.25) is 4.79 Å². The minimum atomic E-state index is -0.463. The van der Waals surface area contributed by atoms with E-state index < -0.39 is 5.54 Å². The molecule has 0 bridgehead atoms. The Hall–Kier alpha value is -3.39. The molecule has 1 amide bonds. The third-order valence-electron chi connectivity index (χ3n) is 6.34. The number of hydrogen-bond acceptors (Lipinski definition) is 1. The molecule has 30 heavy (non-hydrogen) atoms. The van der Waals surface area contributed by atoms with E-state index in [1.54, 1.807) is 0 Å². The molecule has 1 unspecified atom stereocenters. The topological polar surface area (TPSA) is 20.3 Å². The second-order valence-electron chi connectivity index (χ2n) is 8.10. The van der Waals surface area contributed by atoms with Crippen molar-refractivity contribution in [3.63, 3.8) is 0 Å². The zero-order chi connectivity index (χ0) is 20.4. The van der Waals surface area contributed by atoms with Gasteiger partial charge in [0, 0.05) is 18.5 Å². The fourth-order valence-corrected chi connectivity index (χ4v) is 4.96. The summed E-state index contributed by atoms with van der Waals surface area (Å²) in [4.78, 5) is 15.8. The number of allylic oxidation sites excluding steroid dienone is 3. The average molecular weight is 392 g/mol. The van der Waals surface area contributed by atoms with Gasteiger partial charge >= 0.3 is 0 Å². The minimum Gasteiger partial charge on any atom is -0.320 e. The van der Waals surface area contributed by atoms with Crippen LogP contribution in [0.2, 0.25) is 0 Å². The van der Waals surface area contributed by atoms with Gasteiger partial charge in [-0.1, -0.05) is 97.1 Å². The van der Waals surface area contributed by atoms with Crippen molar-refractivity contribution >= 4 is 5.91 Å². The van der Waals surface area contributed by atoms with Gasteiger partial charge in [0.25, 0.3) is 5.91 Å². The van der Waals surface area contributed by atoms with Crippen LogP contribution in [0.25, 0.3) is 0 Å². The Kier molecular flexibility index (Phi) is 4.84. The van der Waals surface area contributed by atoms with E-state index in [4.69, 9.17) is 0 Å². The fourth-order valence-electron chi connectivity index (χ4n) is 4.96. The largest absolute Gasteiger partial charge is 0.320 e. The molecule has 0 saturated heterocycles. The summed E-state index contributed by atoms with van der Waals surface area (Å²) in [5.74, 6) is 0.126. The van der Waals surface area contributed by atoms with Crippen LogP contribution in [0.15, 0.2) is 109 Å². The van der Waals surface area contributed by atoms with Crippen molar-refractivity contribution in [2.24, 2.45) is 0 Å². The highest BCUT2D eigenvalue weighted by molar-refractivity contribution is 6.00. The van der Waals surface area contributed by atoms with Gasteiger partial charge in [0.15, 0.2) is 0 Å². The Morgan fingerprint density at radius 3 is 2.17 bits per heavy atom. The molecule has 0 radical (unpaired) electrons. The van der Waals surface area contributed by atoms with E-state index in [0.29, 0.717) is 6.54 Å². The first-order valence-corrected chi connectivity index (χ1v) is 10.6. The Morgan fingerprint density at radius 1 is 0.800 bits per heavy atom. The number of benzene rings is 3. The number of carbonyl (C=O) groups excluding carboxylic acids is 1. The number of amides is 1. The number of fused-ring (bicyclic) bond motifs is 1. The molecule has 0 N–H and O–H groups in total. The third-order valence-corrected chi connectivity index (χ3v) is 6.34. The van der Waals surface area contributed by atoms with Gasteiger partial charge in [0.2, 0.25) is 0 Å². The molecule has 0 saturated carbocycles. The number of hydrogen-bond donors (Lipinski definition) is 0. The van der Waals surface area contributed by atoms with Crippen LogP contribution in [0.1, 0.15) is 39.9 Å². The minimum absolute atomic E-state index is 0.126. The zero-order valence-corrected chi connectivity index (χ0v) is 17.0. The third kappa shape index (κ3) is 3.09. The molecule has 0 aromatic heterocycles. The Morgan fingerprint density at radius 2 is 1.47 bits per heavy atom. The van der Waals surface area contributed by atoms with Gasteiger partial charge in [-0.2, -0.15) is 0 Å². The van der Waals surface area contributed by atoms with E-state index in [1.165, 1.54) is 11.1 Å². The van der Waals surface area contributed by atoms with Gasteiger partial charge in [-0.25, -0.2) is 0 Å². The van der Waals surface area contributed by atoms with Crippen LogP contribution in [0.4, 0.5) is 0 Å². The molecule has 3 aromatic rings. The molecule has 1 atom stereocenters. The van der Waals surface area contributed by atoms with Crippen molar-refractivity contribution in [2.45, 2.75) is 31.3 Å². The van der Waals surface area contributed by atoms with E-state index in [2.05, 4.69) is 71.7 Å². The summed E-state index contributed by atoms with van der Waals surface area (Å²) in [6, 6.07) is 29.1. The van der Waals surface area contributed by atoms with Gasteiger partial charge in [0.1, 0.15) is 0 Å². The molecular weight excluding hydrogens is 366 g/mol. The number of rotatable bonds is 5. The monoisotopic (exact) mass is 391 g/mol. The Balaban J connectivity index is 1.72. The van der Waals surface area contributed by atoms with Crippen LogP contribution in [-0.2, 0) is 18.5 Å². The van der Waals surface area contributed by atoms with Crippen LogP contribution in [-0.4, -0.2) is 10.8 Å². The summed E-state index contributed by atoms with van der Waals surface area (Å²) in [6.07, 6.45) is 9.36. The Labute approximate surface area is 178 Å². The summed E-state index contributed by atoms with van der Waals surface area (Å²) >= 11 is 0. The maximum absolute atomic E-state index is 13.7. The van der Waals surface area contributed by atoms with Crippen LogP contribution >= 0.6 is 0 Å². The van der Waals surface area contributed by atoms with Crippen molar-refractivity contribution < 1.29 is 4.79 Å². The van der Waals surface area contributed by atoms with Crippen molar-refractivity contribution in [1.82, 2.24) is 4.90 Å². The first kappa shape index (κ1) is 18.6. The average Bonchev–Trinajstić information content (AvgIpc) is 3.05. The molecule has 148 valence electrons. The highest BCUT2D eigenvalue weighted by Gasteiger charge is 2.51. The van der Waals surface area contributed by atoms with Gasteiger partial charge in [0.05, 0.1) is 5.54 Å². The second-order valence-corrected chi connectivity index (χ2v) is 8.10. The van der Waals surface area contributed by atoms with Gasteiger partial charge in [-0.15, -0.1) is 0 Å². The lowest BCUT2D eigenvalue weighted by molar-refractivity contribution is 0.0585. The lowest BCUT2D eigenvalue weighted by Gasteiger charge is -2.42. The van der Waals surface area contributed by atoms with E-state index in [0.717, 1.165) is 36.0 Å². The molecule has 0 fully saturated rings. The van der Waals surface area contributed by atoms with E-state index >= 15 is 0 Å². The molecule has 1 aliphatic heterocycles. The van der Waals surface area contributed by atoms with Crippen molar-refractivity contribution in [3.8, 4) is 0 Å². The van der Waals surface area contributed by atoms with Crippen LogP contribution < -0.4 is 0 Å². The predicted molar refractivity (Wildman–Crippen MR) is 121 cm³/mol. The van der Waals surface area contributed by atoms with Crippen molar-refractivity contribution in [1.29, 1.82) is 0 Å². The second kappa shape index (κ2) is 7.79. The molecule has 5 rings (SSSR count). The highest BCUT2D eigenvalue weighted by Crippen LogP contribution is 2.49. The fraction of sp³-hybridized carbons (Fsp3) is 0.179. The molecule has 2 aliphatic rings. The van der Waals surface area contributed by atoms with Crippen molar-refractivity contribution in [2.75, 3.05) is 0 Å². The predicted octanol–water partition coefficient (Wildman–Crippen LogP) is 6.06. The maximum Gasteiger partial charge on any atom is 0.255 e. The quantitative estimate of drug-likeness (QED) is 0.518. The van der Waals surface area contributed by atoms with Crippen LogP contribution in [0, 0.1) is 0 Å². The molecule has 1 heterocycles. The van der Waals surface area contributed by atoms with Gasteiger partial charge in [-0.05, 0) is 41.2 Å². The normalized spacial score (nSPS) is 20.2. The molecular formula is C28H25NO. The molecule has 2 heteroatoms. The maximum atomic E-state index is 13.7. The standard InChI is InChI=1S/C28H25NO/c30-27-25-18-10-11-19-26(25)28(24-16-8-3-9-17-24,20-22-12-4-1-5-13-22)29(27)21-23-14-6-2-7-15-23/h1-8,10-16,18-19H,9,17,20-21H2. The lowest BCUT2D eigenvalue weighted by Crippen LogP contribution is -2.46. The summed E-state index contributed by atoms with van der Waals surface area (Å²) in [6.45, 7) is 0.599. The summed E-state index contributed by atoms with van der Waals surface area (Å²) < 4.78 is 0.